The maximum atomic E-state index is 13.6. The molecule has 1 atom stereocenters. The third-order valence-corrected chi connectivity index (χ3v) is 5.89. The number of hydrogen-bond acceptors (Lipinski definition) is 3. The fraction of sp³-hybridized carbons (Fsp3) is 0.222. The molecule has 0 unspecified atom stereocenters. The molecule has 174 valence electrons. The Kier molecular flexibility index (Phi) is 6.72. The summed E-state index contributed by atoms with van der Waals surface area (Å²) in [5.74, 6) is -0.698. The van der Waals surface area contributed by atoms with Crippen LogP contribution in [0.1, 0.15) is 36.1 Å². The number of hydrogen-bond donors (Lipinski definition) is 1. The number of rotatable bonds is 7. The third kappa shape index (κ3) is 4.69. The van der Waals surface area contributed by atoms with Crippen molar-refractivity contribution in [2.75, 3.05) is 0 Å². The van der Waals surface area contributed by atoms with Gasteiger partial charge in [-0.05, 0) is 48.7 Å². The van der Waals surface area contributed by atoms with Crippen molar-refractivity contribution in [3.63, 3.8) is 0 Å². The molecule has 1 amide bonds. The SMILES string of the molecule is CC[C@@H](C(=O)NCc1ccc(F)cc1)n1c(=O)n(Cc2ccccc2)c(=O)c2cc(C)ccc21. The summed E-state index contributed by atoms with van der Waals surface area (Å²) in [5, 5.41) is 3.24. The molecule has 0 fully saturated rings. The third-order valence-electron chi connectivity index (χ3n) is 5.89. The summed E-state index contributed by atoms with van der Waals surface area (Å²) in [6.07, 6.45) is 0.349. The molecular formula is C27H26FN3O3. The van der Waals surface area contributed by atoms with Crippen LogP contribution in [0.4, 0.5) is 4.39 Å². The van der Waals surface area contributed by atoms with E-state index in [-0.39, 0.29) is 30.4 Å². The molecule has 0 bridgehead atoms. The van der Waals surface area contributed by atoms with Crippen molar-refractivity contribution in [1.82, 2.24) is 14.5 Å². The quantitative estimate of drug-likeness (QED) is 0.455. The van der Waals surface area contributed by atoms with E-state index in [4.69, 9.17) is 0 Å². The van der Waals surface area contributed by atoms with Gasteiger partial charge in [0.1, 0.15) is 11.9 Å². The van der Waals surface area contributed by atoms with Crippen molar-refractivity contribution < 1.29 is 9.18 Å². The van der Waals surface area contributed by atoms with Gasteiger partial charge >= 0.3 is 5.69 Å². The topological polar surface area (TPSA) is 73.1 Å². The van der Waals surface area contributed by atoms with E-state index in [1.54, 1.807) is 24.3 Å². The molecule has 0 aliphatic rings. The van der Waals surface area contributed by atoms with Gasteiger partial charge in [0.15, 0.2) is 0 Å². The first kappa shape index (κ1) is 23.2. The minimum atomic E-state index is -0.819. The van der Waals surface area contributed by atoms with Crippen molar-refractivity contribution in [2.24, 2.45) is 0 Å². The summed E-state index contributed by atoms with van der Waals surface area (Å²) in [4.78, 5) is 40.1. The summed E-state index contributed by atoms with van der Waals surface area (Å²) in [6.45, 7) is 4.00. The van der Waals surface area contributed by atoms with Crippen molar-refractivity contribution in [2.45, 2.75) is 39.4 Å². The molecule has 1 aromatic heterocycles. The van der Waals surface area contributed by atoms with Crippen molar-refractivity contribution in [3.8, 4) is 0 Å². The first-order valence-electron chi connectivity index (χ1n) is 11.2. The Morgan fingerprint density at radius 3 is 2.35 bits per heavy atom. The summed E-state index contributed by atoms with van der Waals surface area (Å²) in [6, 6.07) is 19.6. The van der Waals surface area contributed by atoms with Crippen molar-refractivity contribution in [1.29, 1.82) is 0 Å². The van der Waals surface area contributed by atoms with Gasteiger partial charge in [-0.3, -0.25) is 18.7 Å². The highest BCUT2D eigenvalue weighted by Crippen LogP contribution is 2.18. The van der Waals surface area contributed by atoms with Crippen LogP contribution in [0, 0.1) is 12.7 Å². The van der Waals surface area contributed by atoms with Gasteiger partial charge in [-0.2, -0.15) is 0 Å². The lowest BCUT2D eigenvalue weighted by atomic mass is 10.1. The highest BCUT2D eigenvalue weighted by Gasteiger charge is 2.24. The predicted molar refractivity (Wildman–Crippen MR) is 130 cm³/mol. The molecule has 1 N–H and O–H groups in total. The van der Waals surface area contributed by atoms with Crippen LogP contribution in [-0.4, -0.2) is 15.0 Å². The molecule has 0 saturated heterocycles. The van der Waals surface area contributed by atoms with E-state index in [0.717, 1.165) is 16.7 Å². The number of nitrogens with one attached hydrogen (secondary N) is 1. The number of aryl methyl sites for hydroxylation is 1. The Balaban J connectivity index is 1.78. The van der Waals surface area contributed by atoms with Gasteiger partial charge in [0.25, 0.3) is 5.56 Å². The second kappa shape index (κ2) is 9.87. The fourth-order valence-corrected chi connectivity index (χ4v) is 4.10. The average Bonchev–Trinajstić information content (AvgIpc) is 2.84. The van der Waals surface area contributed by atoms with Crippen LogP contribution < -0.4 is 16.6 Å². The molecule has 34 heavy (non-hydrogen) atoms. The van der Waals surface area contributed by atoms with Crippen LogP contribution >= 0.6 is 0 Å². The van der Waals surface area contributed by atoms with Gasteiger partial charge in [0.2, 0.25) is 5.91 Å². The molecule has 6 nitrogen and oxygen atoms in total. The van der Waals surface area contributed by atoms with Crippen LogP contribution in [0.2, 0.25) is 0 Å². The van der Waals surface area contributed by atoms with E-state index < -0.39 is 11.7 Å². The van der Waals surface area contributed by atoms with Crippen LogP contribution in [0.25, 0.3) is 10.9 Å². The smallest absolute Gasteiger partial charge is 0.332 e. The monoisotopic (exact) mass is 459 g/mol. The zero-order valence-corrected chi connectivity index (χ0v) is 19.1. The minimum Gasteiger partial charge on any atom is -0.350 e. The highest BCUT2D eigenvalue weighted by molar-refractivity contribution is 5.84. The van der Waals surface area contributed by atoms with Gasteiger partial charge in [-0.1, -0.05) is 61.0 Å². The minimum absolute atomic E-state index is 0.107. The number of aromatic nitrogens is 2. The zero-order valence-electron chi connectivity index (χ0n) is 19.1. The van der Waals surface area contributed by atoms with E-state index in [1.165, 1.54) is 21.3 Å². The molecule has 7 heteroatoms. The molecule has 0 aliphatic carbocycles. The Labute approximate surface area is 196 Å². The molecule has 1 heterocycles. The molecule has 0 radical (unpaired) electrons. The van der Waals surface area contributed by atoms with Crippen LogP contribution in [0.3, 0.4) is 0 Å². The second-order valence-electron chi connectivity index (χ2n) is 8.32. The Morgan fingerprint density at radius 1 is 0.971 bits per heavy atom. The number of carbonyl (C=O) groups excluding carboxylic acids is 1. The van der Waals surface area contributed by atoms with Crippen LogP contribution in [0.15, 0.2) is 82.4 Å². The Morgan fingerprint density at radius 2 is 1.68 bits per heavy atom. The molecule has 3 aromatic carbocycles. The van der Waals surface area contributed by atoms with E-state index in [9.17, 15) is 18.8 Å². The molecule has 0 spiro atoms. The number of nitrogens with zero attached hydrogens (tertiary/aromatic N) is 2. The van der Waals surface area contributed by atoms with E-state index in [1.807, 2.05) is 50.2 Å². The average molecular weight is 460 g/mol. The lowest BCUT2D eigenvalue weighted by molar-refractivity contribution is -0.124. The standard InChI is InChI=1S/C27H26FN3O3/c1-3-23(25(32)29-16-19-10-12-21(28)13-11-19)31-24-14-9-18(2)15-22(24)26(33)30(27(31)34)17-20-7-5-4-6-8-20/h4-15,23H,3,16-17H2,1-2H3,(H,29,32)/t23-/m0/s1. The summed E-state index contributed by atoms with van der Waals surface area (Å²) in [5.41, 5.74) is 1.95. The predicted octanol–water partition coefficient (Wildman–Crippen LogP) is 3.93. The summed E-state index contributed by atoms with van der Waals surface area (Å²) >= 11 is 0. The maximum Gasteiger partial charge on any atom is 0.332 e. The lowest BCUT2D eigenvalue weighted by Crippen LogP contribution is -2.45. The number of carbonyl (C=O) groups is 1. The molecule has 0 aliphatic heterocycles. The van der Waals surface area contributed by atoms with E-state index in [0.29, 0.717) is 17.3 Å². The zero-order chi connectivity index (χ0) is 24.2. The van der Waals surface area contributed by atoms with E-state index >= 15 is 0 Å². The molecule has 0 saturated carbocycles. The number of benzene rings is 3. The van der Waals surface area contributed by atoms with Gasteiger partial charge in [-0.25, -0.2) is 9.18 Å². The van der Waals surface area contributed by atoms with Gasteiger partial charge < -0.3 is 5.32 Å². The molecule has 4 rings (SSSR count). The van der Waals surface area contributed by atoms with Gasteiger partial charge in [0.05, 0.1) is 17.4 Å². The van der Waals surface area contributed by atoms with Crippen molar-refractivity contribution >= 4 is 16.8 Å². The summed E-state index contributed by atoms with van der Waals surface area (Å²) in [7, 11) is 0. The molecular weight excluding hydrogens is 433 g/mol. The largest absolute Gasteiger partial charge is 0.350 e. The summed E-state index contributed by atoms with van der Waals surface area (Å²) < 4.78 is 15.8. The van der Waals surface area contributed by atoms with Crippen LogP contribution in [-0.2, 0) is 17.9 Å². The first-order valence-corrected chi connectivity index (χ1v) is 11.2. The lowest BCUT2D eigenvalue weighted by Gasteiger charge is -2.22. The number of fused-ring (bicyclic) bond motifs is 1. The van der Waals surface area contributed by atoms with Gasteiger partial charge in [-0.15, -0.1) is 0 Å². The fourth-order valence-electron chi connectivity index (χ4n) is 4.10. The van der Waals surface area contributed by atoms with Gasteiger partial charge in [0, 0.05) is 6.54 Å². The maximum absolute atomic E-state index is 13.6. The second-order valence-corrected chi connectivity index (χ2v) is 8.32. The Bertz CT molecular complexity index is 1440. The van der Waals surface area contributed by atoms with Crippen LogP contribution in [0.5, 0.6) is 0 Å². The van der Waals surface area contributed by atoms with E-state index in [2.05, 4.69) is 5.32 Å². The first-order chi connectivity index (χ1) is 16.4. The normalized spacial score (nSPS) is 12.0. The Hall–Kier alpha value is -4.00. The number of halogens is 1. The highest BCUT2D eigenvalue weighted by atomic mass is 19.1. The van der Waals surface area contributed by atoms with Crippen molar-refractivity contribution in [3.05, 3.63) is 116 Å². The number of amides is 1. The molecule has 4 aromatic rings.